The number of hydrogen-bond acceptors (Lipinski definition) is 3. The smallest absolute Gasteiger partial charge is 0.358 e. The second-order valence-corrected chi connectivity index (χ2v) is 4.61. The molecule has 1 fully saturated rings. The lowest BCUT2D eigenvalue weighted by Gasteiger charge is -1.94. The van der Waals surface area contributed by atoms with Gasteiger partial charge >= 0.3 is 5.97 Å². The van der Waals surface area contributed by atoms with Crippen LogP contribution in [0.1, 0.15) is 29.1 Å². The van der Waals surface area contributed by atoms with Gasteiger partial charge in [0.1, 0.15) is 5.76 Å². The van der Waals surface area contributed by atoms with Crippen LogP contribution in [-0.2, 0) is 6.42 Å². The number of carboxylic acid groups (broad SMARTS) is 1. The quantitative estimate of drug-likeness (QED) is 0.896. The third-order valence-electron chi connectivity index (χ3n) is 3.09. The van der Waals surface area contributed by atoms with E-state index in [-0.39, 0.29) is 5.69 Å². The van der Waals surface area contributed by atoms with E-state index >= 15 is 0 Å². The summed E-state index contributed by atoms with van der Waals surface area (Å²) in [5.41, 5.74) is 0.864. The van der Waals surface area contributed by atoms with Crippen molar-refractivity contribution >= 4 is 5.97 Å². The van der Waals surface area contributed by atoms with E-state index in [0.29, 0.717) is 24.0 Å². The fraction of sp³-hybridized carbons (Fsp3) is 0.286. The van der Waals surface area contributed by atoms with E-state index in [0.717, 1.165) is 18.4 Å². The highest BCUT2D eigenvalue weighted by Gasteiger charge is 2.28. The molecule has 18 heavy (non-hydrogen) atoms. The number of nitrogens with zero attached hydrogens (tertiary/aromatic N) is 1. The van der Waals surface area contributed by atoms with E-state index < -0.39 is 5.97 Å². The number of oxazole rings is 1. The molecule has 1 aromatic carbocycles. The molecule has 92 valence electrons. The highest BCUT2D eigenvalue weighted by Crippen LogP contribution is 2.34. The van der Waals surface area contributed by atoms with Gasteiger partial charge in [0.25, 0.3) is 0 Å². The SMILES string of the molecule is O=C(O)c1nc(-c2ccccc2)oc1CC1CC1. The first-order valence-electron chi connectivity index (χ1n) is 6.02. The Morgan fingerprint density at radius 3 is 2.67 bits per heavy atom. The molecule has 1 aliphatic rings. The van der Waals surface area contributed by atoms with Crippen LogP contribution in [0.25, 0.3) is 11.5 Å². The zero-order valence-corrected chi connectivity index (χ0v) is 9.80. The summed E-state index contributed by atoms with van der Waals surface area (Å²) in [6.07, 6.45) is 2.99. The number of rotatable bonds is 4. The van der Waals surface area contributed by atoms with E-state index in [2.05, 4.69) is 4.98 Å². The van der Waals surface area contributed by atoms with Gasteiger partial charge in [-0.1, -0.05) is 18.2 Å². The Balaban J connectivity index is 1.98. The van der Waals surface area contributed by atoms with E-state index in [4.69, 9.17) is 9.52 Å². The van der Waals surface area contributed by atoms with Gasteiger partial charge in [-0.3, -0.25) is 0 Å². The molecule has 4 heteroatoms. The van der Waals surface area contributed by atoms with E-state index in [1.54, 1.807) is 0 Å². The van der Waals surface area contributed by atoms with Gasteiger partial charge < -0.3 is 9.52 Å². The average molecular weight is 243 g/mol. The first-order chi connectivity index (χ1) is 8.74. The van der Waals surface area contributed by atoms with Crippen molar-refractivity contribution < 1.29 is 14.3 Å². The summed E-state index contributed by atoms with van der Waals surface area (Å²) < 4.78 is 5.62. The van der Waals surface area contributed by atoms with E-state index in [1.807, 2.05) is 30.3 Å². The minimum atomic E-state index is -1.02. The van der Waals surface area contributed by atoms with Crippen molar-refractivity contribution in [3.05, 3.63) is 41.8 Å². The lowest BCUT2D eigenvalue weighted by Crippen LogP contribution is -2.01. The van der Waals surface area contributed by atoms with Crippen molar-refractivity contribution in [2.75, 3.05) is 0 Å². The Morgan fingerprint density at radius 2 is 2.06 bits per heavy atom. The van der Waals surface area contributed by atoms with E-state index in [1.165, 1.54) is 0 Å². The van der Waals surface area contributed by atoms with Gasteiger partial charge in [0.05, 0.1) is 0 Å². The Morgan fingerprint density at radius 1 is 1.33 bits per heavy atom. The van der Waals surface area contributed by atoms with Crippen LogP contribution in [0.15, 0.2) is 34.7 Å². The molecule has 0 radical (unpaired) electrons. The molecule has 0 bridgehead atoms. The predicted molar refractivity (Wildman–Crippen MR) is 65.3 cm³/mol. The molecule has 0 atom stereocenters. The van der Waals surface area contributed by atoms with Crippen LogP contribution in [0.3, 0.4) is 0 Å². The van der Waals surface area contributed by atoms with Crippen LogP contribution in [0.4, 0.5) is 0 Å². The molecular weight excluding hydrogens is 230 g/mol. The van der Waals surface area contributed by atoms with E-state index in [9.17, 15) is 4.79 Å². The maximum absolute atomic E-state index is 11.1. The Hall–Kier alpha value is -2.10. The van der Waals surface area contributed by atoms with Crippen LogP contribution < -0.4 is 0 Å². The molecule has 1 heterocycles. The summed E-state index contributed by atoms with van der Waals surface area (Å²) in [5.74, 6) is 0.448. The Bertz CT molecular complexity index is 570. The van der Waals surface area contributed by atoms with Crippen molar-refractivity contribution in [3.8, 4) is 11.5 Å². The molecule has 2 aromatic rings. The summed E-state index contributed by atoms with van der Waals surface area (Å²) in [7, 11) is 0. The van der Waals surface area contributed by atoms with Gasteiger partial charge in [-0.15, -0.1) is 0 Å². The van der Waals surface area contributed by atoms with Crippen LogP contribution in [-0.4, -0.2) is 16.1 Å². The molecule has 0 amide bonds. The summed E-state index contributed by atoms with van der Waals surface area (Å²) in [6, 6.07) is 9.37. The number of carboxylic acids is 1. The van der Waals surface area contributed by atoms with Gasteiger partial charge in [-0.25, -0.2) is 9.78 Å². The molecule has 0 unspecified atom stereocenters. The third-order valence-corrected chi connectivity index (χ3v) is 3.09. The molecular formula is C14H13NO3. The Kier molecular flexibility index (Phi) is 2.63. The zero-order valence-electron chi connectivity index (χ0n) is 9.80. The number of hydrogen-bond donors (Lipinski definition) is 1. The predicted octanol–water partition coefficient (Wildman–Crippen LogP) is 2.99. The molecule has 1 aromatic heterocycles. The second-order valence-electron chi connectivity index (χ2n) is 4.61. The van der Waals surface area contributed by atoms with Gasteiger partial charge in [0.15, 0.2) is 5.69 Å². The molecule has 0 spiro atoms. The second kappa shape index (κ2) is 4.29. The first-order valence-corrected chi connectivity index (χ1v) is 6.02. The summed E-state index contributed by atoms with van der Waals surface area (Å²) >= 11 is 0. The summed E-state index contributed by atoms with van der Waals surface area (Å²) in [5, 5.41) is 9.14. The lowest BCUT2D eigenvalue weighted by molar-refractivity contribution is 0.0688. The largest absolute Gasteiger partial charge is 0.476 e. The molecule has 4 nitrogen and oxygen atoms in total. The highest BCUT2D eigenvalue weighted by molar-refractivity contribution is 5.87. The maximum atomic E-state index is 11.1. The lowest BCUT2D eigenvalue weighted by atomic mass is 10.2. The molecule has 1 aliphatic carbocycles. The summed E-state index contributed by atoms with van der Waals surface area (Å²) in [6.45, 7) is 0. The monoisotopic (exact) mass is 243 g/mol. The topological polar surface area (TPSA) is 63.3 Å². The van der Waals surface area contributed by atoms with Gasteiger partial charge in [0, 0.05) is 12.0 Å². The van der Waals surface area contributed by atoms with Gasteiger partial charge in [-0.2, -0.15) is 0 Å². The molecule has 1 saturated carbocycles. The average Bonchev–Trinajstić information content (AvgIpc) is 3.07. The van der Waals surface area contributed by atoms with Crippen molar-refractivity contribution in [2.24, 2.45) is 5.92 Å². The minimum absolute atomic E-state index is 0.0563. The number of aromatic carboxylic acids is 1. The number of benzene rings is 1. The number of carbonyl (C=O) groups is 1. The van der Waals surface area contributed by atoms with Crippen LogP contribution >= 0.6 is 0 Å². The highest BCUT2D eigenvalue weighted by atomic mass is 16.4. The van der Waals surface area contributed by atoms with Crippen molar-refractivity contribution in [1.29, 1.82) is 0 Å². The molecule has 3 rings (SSSR count). The fourth-order valence-corrected chi connectivity index (χ4v) is 1.95. The van der Waals surface area contributed by atoms with Crippen molar-refractivity contribution in [1.82, 2.24) is 4.98 Å². The fourth-order valence-electron chi connectivity index (χ4n) is 1.95. The molecule has 0 saturated heterocycles. The summed E-state index contributed by atoms with van der Waals surface area (Å²) in [4.78, 5) is 15.2. The van der Waals surface area contributed by atoms with Crippen LogP contribution in [0, 0.1) is 5.92 Å². The standard InChI is InChI=1S/C14H13NO3/c16-14(17)12-11(8-9-6-7-9)18-13(15-12)10-4-2-1-3-5-10/h1-5,9H,6-8H2,(H,16,17). The van der Waals surface area contributed by atoms with Crippen LogP contribution in [0.2, 0.25) is 0 Å². The molecule has 1 N–H and O–H groups in total. The maximum Gasteiger partial charge on any atom is 0.358 e. The normalized spacial score (nSPS) is 14.7. The minimum Gasteiger partial charge on any atom is -0.476 e. The molecule has 0 aliphatic heterocycles. The number of aromatic nitrogens is 1. The van der Waals surface area contributed by atoms with Gasteiger partial charge in [-0.05, 0) is 30.9 Å². The first kappa shape index (κ1) is 11.0. The van der Waals surface area contributed by atoms with Gasteiger partial charge in [0.2, 0.25) is 5.89 Å². The zero-order chi connectivity index (χ0) is 12.5. The van der Waals surface area contributed by atoms with Crippen LogP contribution in [0.5, 0.6) is 0 Å². The van der Waals surface area contributed by atoms with Crippen molar-refractivity contribution in [3.63, 3.8) is 0 Å². The van der Waals surface area contributed by atoms with Crippen molar-refractivity contribution in [2.45, 2.75) is 19.3 Å². The Labute approximate surface area is 104 Å². The third kappa shape index (κ3) is 2.14.